The molecule has 1 aromatic heterocycles. The smallest absolute Gasteiger partial charge is 0.268 e. The number of hydrogen-bond donors (Lipinski definition) is 1. The van der Waals surface area contributed by atoms with Crippen molar-refractivity contribution in [3.05, 3.63) is 70.5 Å². The van der Waals surface area contributed by atoms with Gasteiger partial charge in [0.25, 0.3) is 5.56 Å². The minimum atomic E-state index is -0.227. The van der Waals surface area contributed by atoms with Crippen LogP contribution in [0.5, 0.6) is 5.75 Å². The second kappa shape index (κ2) is 7.39. The first kappa shape index (κ1) is 17.5. The second-order valence-corrected chi connectivity index (χ2v) is 7.22. The molecule has 4 rings (SSSR count). The molecule has 4 nitrogen and oxygen atoms in total. The summed E-state index contributed by atoms with van der Waals surface area (Å²) in [6, 6.07) is 17.3. The fourth-order valence-corrected chi connectivity index (χ4v) is 4.03. The predicted molar refractivity (Wildman–Crippen MR) is 110 cm³/mol. The van der Waals surface area contributed by atoms with Crippen molar-refractivity contribution in [1.82, 2.24) is 4.57 Å². The molecule has 1 aliphatic carbocycles. The lowest BCUT2D eigenvalue weighted by atomic mass is 9.95. The molecule has 0 atom stereocenters. The van der Waals surface area contributed by atoms with Crippen LogP contribution in [0.2, 0.25) is 0 Å². The van der Waals surface area contributed by atoms with Crippen LogP contribution >= 0.6 is 0 Å². The molecule has 0 radical (unpaired) electrons. The first-order chi connectivity index (χ1) is 13.2. The molecule has 1 aliphatic rings. The quantitative estimate of drug-likeness (QED) is 0.680. The third-order valence-electron chi connectivity index (χ3n) is 5.38. The van der Waals surface area contributed by atoms with Gasteiger partial charge in [0.1, 0.15) is 11.3 Å². The molecule has 138 valence electrons. The molecule has 0 unspecified atom stereocenters. The van der Waals surface area contributed by atoms with Crippen molar-refractivity contribution in [2.24, 2.45) is 4.99 Å². The Kier molecular flexibility index (Phi) is 4.80. The van der Waals surface area contributed by atoms with Gasteiger partial charge in [0.05, 0.1) is 11.6 Å². The zero-order valence-electron chi connectivity index (χ0n) is 15.6. The van der Waals surface area contributed by atoms with Crippen LogP contribution in [0, 0.1) is 0 Å². The van der Waals surface area contributed by atoms with Crippen LogP contribution in [-0.2, 0) is 0 Å². The summed E-state index contributed by atoms with van der Waals surface area (Å²) in [6.07, 6.45) is 5.73. The summed E-state index contributed by atoms with van der Waals surface area (Å²) in [5.74, 6) is 0.0276. The molecular weight excluding hydrogens is 336 g/mol. The van der Waals surface area contributed by atoms with E-state index in [1.54, 1.807) is 4.57 Å². The van der Waals surface area contributed by atoms with Gasteiger partial charge >= 0.3 is 0 Å². The minimum absolute atomic E-state index is 0.0276. The van der Waals surface area contributed by atoms with E-state index in [0.29, 0.717) is 22.2 Å². The van der Waals surface area contributed by atoms with Gasteiger partial charge < -0.3 is 5.11 Å². The maximum Gasteiger partial charge on any atom is 0.268 e. The molecule has 0 amide bonds. The lowest BCUT2D eigenvalue weighted by Crippen LogP contribution is -2.26. The Balaban J connectivity index is 1.96. The minimum Gasteiger partial charge on any atom is -0.506 e. The maximum atomic E-state index is 13.4. The Hall–Kier alpha value is -2.88. The Morgan fingerprint density at radius 3 is 2.41 bits per heavy atom. The fourth-order valence-electron chi connectivity index (χ4n) is 4.03. The van der Waals surface area contributed by atoms with Crippen LogP contribution in [0.1, 0.15) is 44.6 Å². The topological polar surface area (TPSA) is 54.6 Å². The molecule has 1 fully saturated rings. The van der Waals surface area contributed by atoms with Crippen molar-refractivity contribution in [3.63, 3.8) is 0 Å². The molecular formula is C23H24N2O2. The summed E-state index contributed by atoms with van der Waals surface area (Å²) in [5, 5.41) is 11.6. The number of aliphatic imine (C=N–C) groups is 1. The van der Waals surface area contributed by atoms with Crippen LogP contribution in [0.15, 0.2) is 64.4 Å². The lowest BCUT2D eigenvalue weighted by Gasteiger charge is -2.19. The molecule has 1 saturated carbocycles. The average molecular weight is 360 g/mol. The molecule has 0 spiro atoms. The van der Waals surface area contributed by atoms with E-state index in [9.17, 15) is 9.90 Å². The van der Waals surface area contributed by atoms with Crippen molar-refractivity contribution in [1.29, 1.82) is 0 Å². The largest absolute Gasteiger partial charge is 0.506 e. The zero-order chi connectivity index (χ0) is 18.8. The number of nitrogens with zero attached hydrogens (tertiary/aromatic N) is 2. The van der Waals surface area contributed by atoms with Gasteiger partial charge in [-0.15, -0.1) is 0 Å². The van der Waals surface area contributed by atoms with E-state index in [1.165, 1.54) is 19.3 Å². The van der Waals surface area contributed by atoms with Crippen LogP contribution in [0.25, 0.3) is 16.6 Å². The Bertz CT molecular complexity index is 1050. The molecule has 1 N–H and O–H groups in total. The molecule has 4 heteroatoms. The maximum absolute atomic E-state index is 13.4. The van der Waals surface area contributed by atoms with E-state index in [1.807, 2.05) is 61.5 Å². The van der Waals surface area contributed by atoms with Crippen LogP contribution < -0.4 is 5.56 Å². The highest BCUT2D eigenvalue weighted by molar-refractivity contribution is 6.05. The van der Waals surface area contributed by atoms with Gasteiger partial charge in [-0.2, -0.15) is 0 Å². The van der Waals surface area contributed by atoms with E-state index >= 15 is 0 Å². The molecule has 0 aliphatic heterocycles. The van der Waals surface area contributed by atoms with Gasteiger partial charge in [-0.3, -0.25) is 14.4 Å². The average Bonchev–Trinajstić information content (AvgIpc) is 2.70. The van der Waals surface area contributed by atoms with Crippen molar-refractivity contribution < 1.29 is 5.11 Å². The van der Waals surface area contributed by atoms with Gasteiger partial charge in [0.2, 0.25) is 0 Å². The summed E-state index contributed by atoms with van der Waals surface area (Å²) < 4.78 is 1.67. The lowest BCUT2D eigenvalue weighted by molar-refractivity contribution is 0.443. The van der Waals surface area contributed by atoms with Crippen molar-refractivity contribution in [3.8, 4) is 11.4 Å². The highest BCUT2D eigenvalue weighted by Gasteiger charge is 2.20. The molecule has 3 aromatic rings. The highest BCUT2D eigenvalue weighted by Crippen LogP contribution is 2.29. The van der Waals surface area contributed by atoms with E-state index < -0.39 is 0 Å². The number of aromatic hydroxyl groups is 1. The summed E-state index contributed by atoms with van der Waals surface area (Å²) in [4.78, 5) is 18.2. The number of fused-ring (bicyclic) bond motifs is 1. The molecule has 2 aromatic carbocycles. The number of hydrogen-bond acceptors (Lipinski definition) is 3. The van der Waals surface area contributed by atoms with Crippen molar-refractivity contribution in [2.75, 3.05) is 0 Å². The van der Waals surface area contributed by atoms with Gasteiger partial charge in [-0.25, -0.2) is 0 Å². The van der Waals surface area contributed by atoms with Crippen LogP contribution in [-0.4, -0.2) is 21.4 Å². The predicted octanol–water partition coefficient (Wildman–Crippen LogP) is 4.84. The normalized spacial score (nSPS) is 16.0. The first-order valence-corrected chi connectivity index (χ1v) is 9.63. The fraction of sp³-hybridized carbons (Fsp3) is 0.304. The number of para-hydroxylation sites is 2. The van der Waals surface area contributed by atoms with E-state index in [4.69, 9.17) is 4.99 Å². The van der Waals surface area contributed by atoms with Gasteiger partial charge in [0.15, 0.2) is 0 Å². The summed E-state index contributed by atoms with van der Waals surface area (Å²) in [7, 11) is 0. The summed E-state index contributed by atoms with van der Waals surface area (Å²) in [5.41, 5.74) is 2.18. The highest BCUT2D eigenvalue weighted by atomic mass is 16.3. The number of benzene rings is 2. The van der Waals surface area contributed by atoms with E-state index in [0.717, 1.165) is 18.5 Å². The van der Waals surface area contributed by atoms with Gasteiger partial charge in [0, 0.05) is 16.8 Å². The van der Waals surface area contributed by atoms with Crippen molar-refractivity contribution >= 4 is 16.6 Å². The number of pyridine rings is 1. The number of aromatic nitrogens is 1. The molecule has 0 bridgehead atoms. The van der Waals surface area contributed by atoms with Gasteiger partial charge in [-0.05, 0) is 44.0 Å². The third-order valence-corrected chi connectivity index (χ3v) is 5.38. The summed E-state index contributed by atoms with van der Waals surface area (Å²) in [6.45, 7) is 1.84. The molecule has 1 heterocycles. The Labute approximate surface area is 158 Å². The molecule has 27 heavy (non-hydrogen) atoms. The molecule has 0 saturated heterocycles. The summed E-state index contributed by atoms with van der Waals surface area (Å²) >= 11 is 0. The number of rotatable bonds is 3. The van der Waals surface area contributed by atoms with E-state index in [-0.39, 0.29) is 17.4 Å². The third kappa shape index (κ3) is 3.27. The van der Waals surface area contributed by atoms with Gasteiger partial charge in [-0.1, -0.05) is 49.6 Å². The van der Waals surface area contributed by atoms with Crippen molar-refractivity contribution in [2.45, 2.75) is 45.1 Å². The standard InChI is InChI=1S/C23H24N2O2/c1-16(24-17-10-4-2-5-11-17)21-22(26)19-14-8-9-15-20(19)25(23(21)27)18-12-6-3-7-13-18/h3,6-9,12-15,17,26H,2,4-5,10-11H2,1H3. The second-order valence-electron chi connectivity index (χ2n) is 7.22. The Morgan fingerprint density at radius 1 is 1.00 bits per heavy atom. The van der Waals surface area contributed by atoms with Crippen LogP contribution in [0.4, 0.5) is 0 Å². The SMILES string of the molecule is CC(=NC1CCCCC1)c1c(O)c2ccccc2n(-c2ccccc2)c1=O. The first-order valence-electron chi connectivity index (χ1n) is 9.63. The monoisotopic (exact) mass is 360 g/mol. The zero-order valence-corrected chi connectivity index (χ0v) is 15.6. The van der Waals surface area contributed by atoms with Crippen LogP contribution in [0.3, 0.4) is 0 Å². The van der Waals surface area contributed by atoms with E-state index in [2.05, 4.69) is 0 Å². The Morgan fingerprint density at radius 2 is 1.67 bits per heavy atom.